The maximum absolute atomic E-state index is 12.8. The van der Waals surface area contributed by atoms with Gasteiger partial charge in [0.25, 0.3) is 5.91 Å². The van der Waals surface area contributed by atoms with Crippen LogP contribution in [0.5, 0.6) is 0 Å². The number of benzene rings is 1. The van der Waals surface area contributed by atoms with E-state index in [9.17, 15) is 4.79 Å². The lowest BCUT2D eigenvalue weighted by molar-refractivity contribution is 0.102. The highest BCUT2D eigenvalue weighted by Crippen LogP contribution is 2.30. The summed E-state index contributed by atoms with van der Waals surface area (Å²) in [6, 6.07) is 8.48. The number of aromatic nitrogens is 4. The molecular formula is C21H19N5OS. The Morgan fingerprint density at radius 2 is 2.00 bits per heavy atom. The predicted octanol–water partition coefficient (Wildman–Crippen LogP) is 4.21. The van der Waals surface area contributed by atoms with E-state index in [0.29, 0.717) is 16.3 Å². The normalized spacial score (nSPS) is 13.1. The van der Waals surface area contributed by atoms with Crippen molar-refractivity contribution < 1.29 is 4.79 Å². The van der Waals surface area contributed by atoms with Gasteiger partial charge in [0.1, 0.15) is 5.56 Å². The average molecular weight is 389 g/mol. The van der Waals surface area contributed by atoms with Gasteiger partial charge in [-0.05, 0) is 56.4 Å². The van der Waals surface area contributed by atoms with E-state index >= 15 is 0 Å². The van der Waals surface area contributed by atoms with E-state index in [1.165, 1.54) is 35.3 Å². The summed E-state index contributed by atoms with van der Waals surface area (Å²) >= 11 is 1.42. The van der Waals surface area contributed by atoms with E-state index in [4.69, 9.17) is 0 Å². The van der Waals surface area contributed by atoms with Crippen LogP contribution < -0.4 is 5.32 Å². The largest absolute Gasteiger partial charge is 0.298 e. The molecule has 140 valence electrons. The van der Waals surface area contributed by atoms with Crippen LogP contribution in [0.4, 0.5) is 5.13 Å². The molecule has 3 heterocycles. The van der Waals surface area contributed by atoms with Gasteiger partial charge in [-0.3, -0.25) is 10.1 Å². The number of aryl methyl sites for hydroxylation is 4. The highest BCUT2D eigenvalue weighted by molar-refractivity contribution is 7.14. The van der Waals surface area contributed by atoms with Crippen molar-refractivity contribution in [2.75, 3.05) is 5.32 Å². The molecule has 6 nitrogen and oxygen atoms in total. The molecule has 4 aromatic rings. The number of thiazole rings is 1. The molecule has 1 aliphatic carbocycles. The SMILES string of the molecule is Cc1cc(C)n2ncc(C(=O)Nc3nc(-c4ccc5c(c4)CCC5)cs3)c2n1. The lowest BCUT2D eigenvalue weighted by atomic mass is 10.1. The lowest BCUT2D eigenvalue weighted by Gasteiger charge is -2.03. The molecule has 0 fully saturated rings. The summed E-state index contributed by atoms with van der Waals surface area (Å²) in [5.41, 5.74) is 7.65. The van der Waals surface area contributed by atoms with Gasteiger partial charge in [0, 0.05) is 22.3 Å². The number of anilines is 1. The van der Waals surface area contributed by atoms with Crippen LogP contribution >= 0.6 is 11.3 Å². The van der Waals surface area contributed by atoms with Crippen molar-refractivity contribution in [3.63, 3.8) is 0 Å². The van der Waals surface area contributed by atoms with Gasteiger partial charge in [0.05, 0.1) is 11.9 Å². The predicted molar refractivity (Wildman–Crippen MR) is 110 cm³/mol. The number of carbonyl (C=O) groups is 1. The Balaban J connectivity index is 1.41. The molecule has 7 heteroatoms. The summed E-state index contributed by atoms with van der Waals surface area (Å²) in [4.78, 5) is 21.9. The zero-order valence-electron chi connectivity index (χ0n) is 15.7. The molecule has 0 spiro atoms. The summed E-state index contributed by atoms with van der Waals surface area (Å²) in [6.45, 7) is 3.85. The maximum Gasteiger partial charge on any atom is 0.262 e. The molecule has 28 heavy (non-hydrogen) atoms. The first-order chi connectivity index (χ1) is 13.6. The molecule has 0 atom stereocenters. The summed E-state index contributed by atoms with van der Waals surface area (Å²) in [7, 11) is 0. The molecule has 0 saturated heterocycles. The van der Waals surface area contributed by atoms with Crippen LogP contribution in [-0.4, -0.2) is 25.5 Å². The summed E-state index contributed by atoms with van der Waals surface area (Å²) in [5.74, 6) is -0.248. The van der Waals surface area contributed by atoms with Crippen LogP contribution in [0.2, 0.25) is 0 Å². The Kier molecular flexibility index (Phi) is 3.98. The molecule has 0 saturated carbocycles. The molecule has 5 rings (SSSR count). The second-order valence-electron chi connectivity index (χ2n) is 7.16. The van der Waals surface area contributed by atoms with Crippen LogP contribution in [0, 0.1) is 13.8 Å². The first kappa shape index (κ1) is 17.1. The zero-order valence-corrected chi connectivity index (χ0v) is 16.5. The van der Waals surface area contributed by atoms with Crippen molar-refractivity contribution in [1.29, 1.82) is 0 Å². The molecular weight excluding hydrogens is 370 g/mol. The fraction of sp³-hybridized carbons (Fsp3) is 0.238. The number of nitrogens with zero attached hydrogens (tertiary/aromatic N) is 4. The Labute approximate surface area is 166 Å². The van der Waals surface area contributed by atoms with E-state index in [0.717, 1.165) is 29.1 Å². The fourth-order valence-corrected chi connectivity index (χ4v) is 4.50. The first-order valence-corrected chi connectivity index (χ1v) is 10.2. The molecule has 1 N–H and O–H groups in total. The number of hydrogen-bond donors (Lipinski definition) is 1. The highest BCUT2D eigenvalue weighted by Gasteiger charge is 2.18. The Hall–Kier alpha value is -3.06. The van der Waals surface area contributed by atoms with E-state index in [2.05, 4.69) is 38.6 Å². The Morgan fingerprint density at radius 3 is 2.89 bits per heavy atom. The summed E-state index contributed by atoms with van der Waals surface area (Å²) in [6.07, 6.45) is 5.08. The van der Waals surface area contributed by atoms with Crippen molar-refractivity contribution in [3.8, 4) is 11.3 Å². The lowest BCUT2D eigenvalue weighted by Crippen LogP contribution is -2.12. The van der Waals surface area contributed by atoms with Crippen molar-refractivity contribution in [2.45, 2.75) is 33.1 Å². The molecule has 0 aliphatic heterocycles. The molecule has 1 amide bonds. The standard InChI is InChI=1S/C21H19N5OS/c1-12-8-13(2)26-19(23-12)17(10-22-26)20(27)25-21-24-18(11-28-21)16-7-6-14-4-3-5-15(14)9-16/h6-11H,3-5H2,1-2H3,(H,24,25,27). The fourth-order valence-electron chi connectivity index (χ4n) is 3.79. The number of carbonyl (C=O) groups excluding carboxylic acids is 1. The monoisotopic (exact) mass is 389 g/mol. The van der Waals surface area contributed by atoms with Gasteiger partial charge in [0.15, 0.2) is 10.8 Å². The summed E-state index contributed by atoms with van der Waals surface area (Å²) in [5, 5.41) is 9.73. The van der Waals surface area contributed by atoms with Crippen LogP contribution in [-0.2, 0) is 12.8 Å². The number of amides is 1. The molecule has 0 unspecified atom stereocenters. The van der Waals surface area contributed by atoms with Gasteiger partial charge in [-0.1, -0.05) is 12.1 Å². The number of nitrogens with one attached hydrogen (secondary N) is 1. The number of rotatable bonds is 3. The maximum atomic E-state index is 12.8. The first-order valence-electron chi connectivity index (χ1n) is 9.29. The third kappa shape index (κ3) is 2.88. The third-order valence-electron chi connectivity index (χ3n) is 5.14. The van der Waals surface area contributed by atoms with Crippen molar-refractivity contribution >= 4 is 28.0 Å². The number of hydrogen-bond acceptors (Lipinski definition) is 5. The Morgan fingerprint density at radius 1 is 1.14 bits per heavy atom. The van der Waals surface area contributed by atoms with Gasteiger partial charge in [0.2, 0.25) is 0 Å². The van der Waals surface area contributed by atoms with Crippen molar-refractivity contribution in [2.24, 2.45) is 0 Å². The van der Waals surface area contributed by atoms with Crippen molar-refractivity contribution in [1.82, 2.24) is 19.6 Å². The van der Waals surface area contributed by atoms with E-state index in [-0.39, 0.29) is 5.91 Å². The molecule has 1 aliphatic rings. The molecule has 0 bridgehead atoms. The zero-order chi connectivity index (χ0) is 19.3. The van der Waals surface area contributed by atoms with E-state index in [1.54, 1.807) is 10.7 Å². The van der Waals surface area contributed by atoms with Crippen LogP contribution in [0.25, 0.3) is 16.9 Å². The second kappa shape index (κ2) is 6.53. The van der Waals surface area contributed by atoms with Gasteiger partial charge >= 0.3 is 0 Å². The molecule has 0 radical (unpaired) electrons. The molecule has 3 aromatic heterocycles. The van der Waals surface area contributed by atoms with Gasteiger partial charge in [-0.15, -0.1) is 11.3 Å². The van der Waals surface area contributed by atoms with E-state index < -0.39 is 0 Å². The van der Waals surface area contributed by atoms with E-state index in [1.807, 2.05) is 25.3 Å². The van der Waals surface area contributed by atoms with Gasteiger partial charge in [-0.25, -0.2) is 14.5 Å². The second-order valence-corrected chi connectivity index (χ2v) is 8.02. The highest BCUT2D eigenvalue weighted by atomic mass is 32.1. The van der Waals surface area contributed by atoms with Crippen LogP contribution in [0.1, 0.15) is 39.3 Å². The minimum atomic E-state index is -0.248. The van der Waals surface area contributed by atoms with Crippen LogP contribution in [0.3, 0.4) is 0 Å². The Bertz CT molecular complexity index is 1220. The molecule has 1 aromatic carbocycles. The minimum absolute atomic E-state index is 0.248. The number of fused-ring (bicyclic) bond motifs is 2. The van der Waals surface area contributed by atoms with Gasteiger partial charge in [-0.2, -0.15) is 5.10 Å². The average Bonchev–Trinajstić information content (AvgIpc) is 3.39. The van der Waals surface area contributed by atoms with Crippen LogP contribution in [0.15, 0.2) is 35.8 Å². The quantitative estimate of drug-likeness (QED) is 0.570. The van der Waals surface area contributed by atoms with Crippen molar-refractivity contribution in [3.05, 3.63) is 63.9 Å². The third-order valence-corrected chi connectivity index (χ3v) is 5.90. The smallest absolute Gasteiger partial charge is 0.262 e. The topological polar surface area (TPSA) is 72.2 Å². The van der Waals surface area contributed by atoms with Gasteiger partial charge < -0.3 is 0 Å². The minimum Gasteiger partial charge on any atom is -0.298 e. The summed E-state index contributed by atoms with van der Waals surface area (Å²) < 4.78 is 1.68.